The Balaban J connectivity index is 2.96. The van der Waals surface area contributed by atoms with E-state index < -0.39 is 8.07 Å². The molecule has 0 heterocycles. The van der Waals surface area contributed by atoms with Crippen LogP contribution in [0.5, 0.6) is 0 Å². The number of halogens is 1. The van der Waals surface area contributed by atoms with Crippen LogP contribution >= 0.6 is 22.6 Å². The molecule has 1 aliphatic carbocycles. The van der Waals surface area contributed by atoms with Crippen molar-refractivity contribution in [1.29, 1.82) is 0 Å². The molecule has 74 valence electrons. The van der Waals surface area contributed by atoms with Crippen LogP contribution in [0.3, 0.4) is 0 Å². The molecule has 1 rings (SSSR count). The summed E-state index contributed by atoms with van der Waals surface area (Å²) in [6, 6.07) is 0. The Bertz CT molecular complexity index is 235. The van der Waals surface area contributed by atoms with Gasteiger partial charge in [-0.1, -0.05) is 53.9 Å². The lowest BCUT2D eigenvalue weighted by Crippen LogP contribution is -2.22. The second-order valence-electron chi connectivity index (χ2n) is 4.82. The second-order valence-corrected chi connectivity index (χ2v) is 11.9. The van der Waals surface area contributed by atoms with Crippen LogP contribution in [0.25, 0.3) is 0 Å². The van der Waals surface area contributed by atoms with Crippen molar-refractivity contribution in [2.24, 2.45) is 5.92 Å². The molecule has 0 radical (unpaired) electrons. The molecule has 0 spiro atoms. The van der Waals surface area contributed by atoms with Gasteiger partial charge < -0.3 is 0 Å². The number of allylic oxidation sites excluding steroid dienone is 2. The summed E-state index contributed by atoms with van der Waals surface area (Å²) in [5.41, 5.74) is 1.70. The minimum atomic E-state index is -1.07. The van der Waals surface area contributed by atoms with Gasteiger partial charge in [-0.25, -0.2) is 0 Å². The van der Waals surface area contributed by atoms with E-state index in [9.17, 15) is 0 Å². The third-order valence-corrected chi connectivity index (χ3v) is 9.82. The minimum Gasteiger partial charge on any atom is -0.102 e. The Kier molecular flexibility index (Phi) is 3.80. The quantitative estimate of drug-likeness (QED) is 0.399. The van der Waals surface area contributed by atoms with Crippen LogP contribution in [0.2, 0.25) is 19.6 Å². The molecule has 0 aromatic heterocycles. The van der Waals surface area contributed by atoms with Gasteiger partial charge in [0, 0.05) is 0 Å². The summed E-state index contributed by atoms with van der Waals surface area (Å²) in [6.07, 6.45) is 6.15. The Labute approximate surface area is 96.6 Å². The first-order valence-electron chi connectivity index (χ1n) is 4.98. The van der Waals surface area contributed by atoms with Gasteiger partial charge in [-0.2, -0.15) is 0 Å². The molecule has 1 aliphatic rings. The first-order valence-corrected chi connectivity index (χ1v) is 9.56. The van der Waals surface area contributed by atoms with Gasteiger partial charge in [-0.05, 0) is 28.4 Å². The van der Waals surface area contributed by atoms with Crippen LogP contribution in [0.1, 0.15) is 19.3 Å². The fourth-order valence-corrected chi connectivity index (χ4v) is 3.83. The Hall–Kier alpha value is 0.427. The topological polar surface area (TPSA) is 0 Å². The maximum absolute atomic E-state index is 3.94. The lowest BCUT2D eigenvalue weighted by Gasteiger charge is -2.20. The number of hydrogen-bond acceptors (Lipinski definition) is 0. The van der Waals surface area contributed by atoms with Gasteiger partial charge in [0.15, 0.2) is 0 Å². The van der Waals surface area contributed by atoms with E-state index in [1.54, 1.807) is 8.78 Å². The van der Waals surface area contributed by atoms with E-state index in [-0.39, 0.29) is 0 Å². The van der Waals surface area contributed by atoms with Crippen LogP contribution in [0, 0.1) is 5.92 Å². The maximum Gasteiger partial charge on any atom is 0.0854 e. The van der Waals surface area contributed by atoms with E-state index >= 15 is 0 Å². The predicted molar refractivity (Wildman–Crippen MR) is 71.9 cm³/mol. The monoisotopic (exact) mass is 306 g/mol. The highest BCUT2D eigenvalue weighted by Crippen LogP contribution is 2.39. The second kappa shape index (κ2) is 4.30. The van der Waals surface area contributed by atoms with Crippen molar-refractivity contribution in [2.45, 2.75) is 38.9 Å². The zero-order chi connectivity index (χ0) is 10.1. The standard InChI is InChI=1S/C11H19ISi/c1-5-9-7-6-8-10(9)11(12)13(2,3)4/h5,9H,1,6-8H2,2-4H3. The lowest BCUT2D eigenvalue weighted by atomic mass is 10.1. The van der Waals surface area contributed by atoms with Crippen LogP contribution in [-0.4, -0.2) is 8.07 Å². The molecule has 0 N–H and O–H groups in total. The summed E-state index contributed by atoms with van der Waals surface area (Å²) in [5, 5.41) is 0. The van der Waals surface area contributed by atoms with Gasteiger partial charge in [-0.15, -0.1) is 6.58 Å². The Morgan fingerprint density at radius 3 is 2.62 bits per heavy atom. The van der Waals surface area contributed by atoms with Crippen LogP contribution in [0.4, 0.5) is 0 Å². The van der Waals surface area contributed by atoms with E-state index in [0.717, 1.165) is 0 Å². The molecule has 0 nitrogen and oxygen atoms in total. The number of hydrogen-bond donors (Lipinski definition) is 0. The SMILES string of the molecule is C=CC1CCCC1=C(I)[Si](C)(C)C. The normalized spacial score (nSPS) is 27.5. The van der Waals surface area contributed by atoms with Crippen molar-refractivity contribution in [3.05, 3.63) is 21.4 Å². The summed E-state index contributed by atoms with van der Waals surface area (Å²) in [7, 11) is -1.07. The largest absolute Gasteiger partial charge is 0.102 e. The smallest absolute Gasteiger partial charge is 0.0854 e. The molecule has 0 aliphatic heterocycles. The van der Waals surface area contributed by atoms with Crippen LogP contribution < -0.4 is 0 Å². The molecule has 0 aromatic carbocycles. The predicted octanol–water partition coefficient (Wildman–Crippen LogP) is 4.54. The van der Waals surface area contributed by atoms with Crippen molar-refractivity contribution in [1.82, 2.24) is 0 Å². The third kappa shape index (κ3) is 2.69. The Morgan fingerprint density at radius 2 is 2.15 bits per heavy atom. The van der Waals surface area contributed by atoms with Gasteiger partial charge in [0.05, 0.1) is 8.07 Å². The minimum absolute atomic E-state index is 0.693. The molecule has 13 heavy (non-hydrogen) atoms. The fourth-order valence-electron chi connectivity index (χ4n) is 1.89. The highest BCUT2D eigenvalue weighted by molar-refractivity contribution is 14.1. The molecule has 2 heteroatoms. The van der Waals surface area contributed by atoms with Crippen LogP contribution in [0.15, 0.2) is 21.4 Å². The molecule has 0 bridgehead atoms. The summed E-state index contributed by atoms with van der Waals surface area (Å²) in [4.78, 5) is 0. The van der Waals surface area contributed by atoms with Crippen molar-refractivity contribution < 1.29 is 0 Å². The van der Waals surface area contributed by atoms with E-state index in [1.165, 1.54) is 19.3 Å². The van der Waals surface area contributed by atoms with E-state index in [2.05, 4.69) is 54.9 Å². The highest BCUT2D eigenvalue weighted by Gasteiger charge is 2.27. The summed E-state index contributed by atoms with van der Waals surface area (Å²) >= 11 is 2.58. The average Bonchev–Trinajstić information content (AvgIpc) is 2.48. The molecule has 0 aromatic rings. The lowest BCUT2D eigenvalue weighted by molar-refractivity contribution is 0.767. The summed E-state index contributed by atoms with van der Waals surface area (Å²) in [5.74, 6) is 0.693. The fraction of sp³-hybridized carbons (Fsp3) is 0.636. The van der Waals surface area contributed by atoms with Gasteiger partial charge in [-0.3, -0.25) is 0 Å². The molecule has 1 unspecified atom stereocenters. The molecule has 0 amide bonds. The van der Waals surface area contributed by atoms with Gasteiger partial charge >= 0.3 is 0 Å². The van der Waals surface area contributed by atoms with Crippen molar-refractivity contribution in [3.63, 3.8) is 0 Å². The van der Waals surface area contributed by atoms with E-state index in [1.807, 2.05) is 0 Å². The van der Waals surface area contributed by atoms with Crippen molar-refractivity contribution in [2.75, 3.05) is 0 Å². The van der Waals surface area contributed by atoms with Crippen molar-refractivity contribution >= 4 is 30.7 Å². The van der Waals surface area contributed by atoms with Gasteiger partial charge in [0.1, 0.15) is 0 Å². The molecule has 1 saturated carbocycles. The molecular weight excluding hydrogens is 287 g/mol. The highest BCUT2D eigenvalue weighted by atomic mass is 127. The van der Waals surface area contributed by atoms with Crippen LogP contribution in [-0.2, 0) is 0 Å². The van der Waals surface area contributed by atoms with Gasteiger partial charge in [0.25, 0.3) is 0 Å². The third-order valence-electron chi connectivity index (χ3n) is 2.63. The number of rotatable bonds is 2. The van der Waals surface area contributed by atoms with Crippen molar-refractivity contribution in [3.8, 4) is 0 Å². The summed E-state index contributed by atoms with van der Waals surface area (Å²) < 4.78 is 1.69. The van der Waals surface area contributed by atoms with E-state index in [0.29, 0.717) is 5.92 Å². The van der Waals surface area contributed by atoms with Gasteiger partial charge in [0.2, 0.25) is 0 Å². The Morgan fingerprint density at radius 1 is 1.54 bits per heavy atom. The average molecular weight is 306 g/mol. The molecule has 0 saturated heterocycles. The van der Waals surface area contributed by atoms with E-state index in [4.69, 9.17) is 0 Å². The molecule has 1 atom stereocenters. The molecular formula is C11H19ISi. The maximum atomic E-state index is 3.94. The zero-order valence-corrected chi connectivity index (χ0v) is 12.0. The summed E-state index contributed by atoms with van der Waals surface area (Å²) in [6.45, 7) is 11.2. The first kappa shape index (κ1) is 11.5. The zero-order valence-electron chi connectivity index (χ0n) is 8.86. The first-order chi connectivity index (χ1) is 5.96. The molecule has 1 fully saturated rings.